The summed E-state index contributed by atoms with van der Waals surface area (Å²) in [5.74, 6) is -2.48. The molecular formula is C11H10BrF2NO3. The number of hydroxylamine groups is 1. The van der Waals surface area contributed by atoms with E-state index in [1.54, 1.807) is 0 Å². The monoisotopic (exact) mass is 321 g/mol. The van der Waals surface area contributed by atoms with E-state index >= 15 is 0 Å². The first kappa shape index (κ1) is 14.6. The minimum atomic E-state index is -0.729. The molecule has 0 saturated heterocycles. The number of rotatable bonds is 3. The predicted molar refractivity (Wildman–Crippen MR) is 62.3 cm³/mol. The van der Waals surface area contributed by atoms with Crippen LogP contribution in [0.15, 0.2) is 16.6 Å². The molecule has 98 valence electrons. The van der Waals surface area contributed by atoms with Crippen LogP contribution in [0, 0.1) is 11.6 Å². The highest BCUT2D eigenvalue weighted by molar-refractivity contribution is 9.10. The zero-order valence-corrected chi connectivity index (χ0v) is 11.0. The van der Waals surface area contributed by atoms with Gasteiger partial charge in [0.15, 0.2) is 0 Å². The van der Waals surface area contributed by atoms with Crippen LogP contribution in [-0.2, 0) is 20.8 Å². The summed E-state index contributed by atoms with van der Waals surface area (Å²) < 4.78 is 26.5. The number of hydrogen-bond acceptors (Lipinski definition) is 3. The third kappa shape index (κ3) is 4.40. The normalized spacial score (nSPS) is 10.0. The Morgan fingerprint density at radius 2 is 2.00 bits per heavy atom. The fourth-order valence-electron chi connectivity index (χ4n) is 1.17. The number of hydrogen-bond donors (Lipinski definition) is 1. The Balaban J connectivity index is 2.56. The number of aryl methyl sites for hydroxylation is 1. The average molecular weight is 322 g/mol. The molecule has 0 heterocycles. The minimum Gasteiger partial charge on any atom is -0.341 e. The zero-order chi connectivity index (χ0) is 13.7. The van der Waals surface area contributed by atoms with E-state index in [-0.39, 0.29) is 22.9 Å². The summed E-state index contributed by atoms with van der Waals surface area (Å²) in [5.41, 5.74) is 1.92. The molecule has 1 rings (SSSR count). The maximum atomic E-state index is 13.4. The van der Waals surface area contributed by atoms with Crippen molar-refractivity contribution in [1.82, 2.24) is 5.48 Å². The second-order valence-corrected chi connectivity index (χ2v) is 4.34. The molecule has 0 aliphatic rings. The van der Waals surface area contributed by atoms with Gasteiger partial charge in [-0.2, -0.15) is 5.48 Å². The molecule has 0 unspecified atom stereocenters. The third-order valence-corrected chi connectivity index (χ3v) is 2.60. The van der Waals surface area contributed by atoms with E-state index in [9.17, 15) is 18.4 Å². The predicted octanol–water partition coefficient (Wildman–Crippen LogP) is 2.25. The van der Waals surface area contributed by atoms with Crippen LogP contribution in [0.3, 0.4) is 0 Å². The minimum absolute atomic E-state index is 0.0181. The second-order valence-electron chi connectivity index (χ2n) is 3.49. The summed E-state index contributed by atoms with van der Waals surface area (Å²) in [6, 6.07) is 1.99. The van der Waals surface area contributed by atoms with Gasteiger partial charge in [0.25, 0.3) is 0 Å². The maximum Gasteiger partial charge on any atom is 0.332 e. The summed E-state index contributed by atoms with van der Waals surface area (Å²) in [6.07, 6.45) is -0.188. The molecule has 0 radical (unpaired) electrons. The molecule has 0 aliphatic heterocycles. The van der Waals surface area contributed by atoms with Gasteiger partial charge in [-0.25, -0.2) is 13.6 Å². The molecule has 1 amide bonds. The molecular weight excluding hydrogens is 312 g/mol. The lowest BCUT2D eigenvalue weighted by atomic mass is 10.1. The van der Waals surface area contributed by atoms with Gasteiger partial charge in [-0.1, -0.05) is 0 Å². The van der Waals surface area contributed by atoms with Crippen molar-refractivity contribution in [1.29, 1.82) is 0 Å². The van der Waals surface area contributed by atoms with Gasteiger partial charge >= 0.3 is 5.97 Å². The molecule has 0 bridgehead atoms. The highest BCUT2D eigenvalue weighted by Crippen LogP contribution is 2.20. The SMILES string of the molecule is CC(=O)NOC(=O)CCc1cc(F)c(Br)cc1F. The average Bonchev–Trinajstić information content (AvgIpc) is 2.29. The summed E-state index contributed by atoms with van der Waals surface area (Å²) in [7, 11) is 0. The van der Waals surface area contributed by atoms with Crippen LogP contribution in [0.25, 0.3) is 0 Å². The molecule has 0 aliphatic carbocycles. The fourth-order valence-corrected chi connectivity index (χ4v) is 1.49. The van der Waals surface area contributed by atoms with Crippen molar-refractivity contribution in [2.24, 2.45) is 0 Å². The summed E-state index contributed by atoms with van der Waals surface area (Å²) in [4.78, 5) is 25.9. The highest BCUT2D eigenvalue weighted by Gasteiger charge is 2.11. The standard InChI is InChI=1S/C11H10BrF2NO3/c1-6(16)15-18-11(17)3-2-7-4-10(14)8(12)5-9(7)13/h4-5H,2-3H2,1H3,(H,15,16). The first-order valence-corrected chi connectivity index (χ1v) is 5.79. The molecule has 0 aromatic heterocycles. The van der Waals surface area contributed by atoms with Gasteiger partial charge in [0.05, 0.1) is 10.9 Å². The molecule has 1 aromatic rings. The van der Waals surface area contributed by atoms with Crippen molar-refractivity contribution in [2.75, 3.05) is 0 Å². The first-order valence-electron chi connectivity index (χ1n) is 5.00. The van der Waals surface area contributed by atoms with Gasteiger partial charge in [0.2, 0.25) is 5.91 Å². The number of carbonyl (C=O) groups excluding carboxylic acids is 2. The Labute approximate surface area is 110 Å². The Morgan fingerprint density at radius 3 is 2.61 bits per heavy atom. The second kappa shape index (κ2) is 6.44. The topological polar surface area (TPSA) is 55.4 Å². The summed E-state index contributed by atoms with van der Waals surface area (Å²) in [6.45, 7) is 1.18. The van der Waals surface area contributed by atoms with Crippen LogP contribution < -0.4 is 5.48 Å². The molecule has 1 aromatic carbocycles. The number of amides is 1. The van der Waals surface area contributed by atoms with Gasteiger partial charge in [-0.05, 0) is 40.0 Å². The molecule has 1 N–H and O–H groups in total. The molecule has 0 fully saturated rings. The lowest BCUT2D eigenvalue weighted by molar-refractivity contribution is -0.157. The molecule has 7 heteroatoms. The smallest absolute Gasteiger partial charge is 0.332 e. The lowest BCUT2D eigenvalue weighted by Gasteiger charge is -2.05. The number of halogens is 3. The van der Waals surface area contributed by atoms with Crippen LogP contribution in [0.1, 0.15) is 18.9 Å². The van der Waals surface area contributed by atoms with Crippen molar-refractivity contribution in [3.05, 3.63) is 33.8 Å². The van der Waals surface area contributed by atoms with E-state index in [4.69, 9.17) is 0 Å². The van der Waals surface area contributed by atoms with Crippen molar-refractivity contribution >= 4 is 27.8 Å². The van der Waals surface area contributed by atoms with Gasteiger partial charge in [-0.3, -0.25) is 4.79 Å². The van der Waals surface area contributed by atoms with Crippen molar-refractivity contribution in [3.63, 3.8) is 0 Å². The van der Waals surface area contributed by atoms with E-state index in [1.165, 1.54) is 6.92 Å². The van der Waals surface area contributed by atoms with Crippen LogP contribution >= 0.6 is 15.9 Å². The van der Waals surface area contributed by atoms with Crippen molar-refractivity contribution in [2.45, 2.75) is 19.8 Å². The lowest BCUT2D eigenvalue weighted by Crippen LogP contribution is -2.24. The number of carbonyl (C=O) groups is 2. The molecule has 0 atom stereocenters. The molecule has 0 spiro atoms. The number of nitrogens with one attached hydrogen (secondary N) is 1. The van der Waals surface area contributed by atoms with Gasteiger partial charge in [0, 0.05) is 6.92 Å². The third-order valence-electron chi connectivity index (χ3n) is 2.00. The molecule has 18 heavy (non-hydrogen) atoms. The van der Waals surface area contributed by atoms with Crippen LogP contribution in [0.2, 0.25) is 0 Å². The fraction of sp³-hybridized carbons (Fsp3) is 0.273. The maximum absolute atomic E-state index is 13.4. The van der Waals surface area contributed by atoms with E-state index < -0.39 is 23.5 Å². The zero-order valence-electron chi connectivity index (χ0n) is 9.43. The summed E-state index contributed by atoms with van der Waals surface area (Å²) in [5, 5.41) is 0. The summed E-state index contributed by atoms with van der Waals surface area (Å²) >= 11 is 2.85. The van der Waals surface area contributed by atoms with E-state index in [0.717, 1.165) is 12.1 Å². The first-order chi connectivity index (χ1) is 8.40. The quantitative estimate of drug-likeness (QED) is 0.686. The molecule has 4 nitrogen and oxygen atoms in total. The highest BCUT2D eigenvalue weighted by atomic mass is 79.9. The molecule has 0 saturated carbocycles. The number of benzene rings is 1. The van der Waals surface area contributed by atoms with Crippen molar-refractivity contribution in [3.8, 4) is 0 Å². The van der Waals surface area contributed by atoms with Crippen LogP contribution in [0.5, 0.6) is 0 Å². The Morgan fingerprint density at radius 1 is 1.33 bits per heavy atom. The van der Waals surface area contributed by atoms with E-state index in [1.807, 2.05) is 5.48 Å². The van der Waals surface area contributed by atoms with Gasteiger partial charge < -0.3 is 4.84 Å². The largest absolute Gasteiger partial charge is 0.341 e. The van der Waals surface area contributed by atoms with Crippen LogP contribution in [0.4, 0.5) is 8.78 Å². The Kier molecular flexibility index (Phi) is 5.21. The van der Waals surface area contributed by atoms with Gasteiger partial charge in [-0.15, -0.1) is 0 Å². The Bertz CT molecular complexity index is 480. The van der Waals surface area contributed by atoms with E-state index in [2.05, 4.69) is 20.8 Å². The van der Waals surface area contributed by atoms with Gasteiger partial charge in [0.1, 0.15) is 11.6 Å². The van der Waals surface area contributed by atoms with Crippen molar-refractivity contribution < 1.29 is 23.2 Å². The van der Waals surface area contributed by atoms with Crippen LogP contribution in [-0.4, -0.2) is 11.9 Å². The Hall–Kier alpha value is -1.50. The van der Waals surface area contributed by atoms with E-state index in [0.29, 0.717) is 0 Å².